The molecule has 24 heavy (non-hydrogen) atoms. The van der Waals surface area contributed by atoms with Crippen LogP contribution in [0.2, 0.25) is 0 Å². The number of nitrogens with one attached hydrogen (secondary N) is 2. The second-order valence-electron chi connectivity index (χ2n) is 5.30. The molecule has 0 unspecified atom stereocenters. The van der Waals surface area contributed by atoms with Gasteiger partial charge in [-0.05, 0) is 42.8 Å². The van der Waals surface area contributed by atoms with Gasteiger partial charge in [0, 0.05) is 23.4 Å². The molecule has 0 spiro atoms. The van der Waals surface area contributed by atoms with E-state index in [0.29, 0.717) is 28.9 Å². The molecule has 0 aliphatic carbocycles. The van der Waals surface area contributed by atoms with Crippen LogP contribution in [0.3, 0.4) is 0 Å². The number of amides is 2. The molecule has 2 aromatic carbocycles. The first-order valence-electron chi connectivity index (χ1n) is 7.59. The summed E-state index contributed by atoms with van der Waals surface area (Å²) < 4.78 is 8.25. The number of fused-ring (bicyclic) bond motifs is 1. The van der Waals surface area contributed by atoms with Crippen molar-refractivity contribution in [2.45, 2.75) is 19.8 Å². The Labute approximate surface area is 143 Å². The Balaban J connectivity index is 1.72. The molecule has 3 rings (SSSR count). The normalized spacial score (nSPS) is 10.5. The van der Waals surface area contributed by atoms with E-state index in [1.54, 1.807) is 42.5 Å². The molecule has 6 nitrogen and oxygen atoms in total. The van der Waals surface area contributed by atoms with E-state index in [-0.39, 0.29) is 11.8 Å². The van der Waals surface area contributed by atoms with E-state index in [9.17, 15) is 9.59 Å². The Hall–Kier alpha value is -2.80. The van der Waals surface area contributed by atoms with Gasteiger partial charge in [-0.25, -0.2) is 0 Å². The van der Waals surface area contributed by atoms with E-state index in [4.69, 9.17) is 0 Å². The summed E-state index contributed by atoms with van der Waals surface area (Å²) in [4.78, 5) is 24.0. The summed E-state index contributed by atoms with van der Waals surface area (Å²) in [5, 5.41) is 5.64. The Morgan fingerprint density at radius 1 is 1.00 bits per heavy atom. The van der Waals surface area contributed by atoms with Gasteiger partial charge in [-0.15, -0.1) is 0 Å². The second-order valence-corrected chi connectivity index (χ2v) is 5.83. The van der Waals surface area contributed by atoms with Gasteiger partial charge in [0.25, 0.3) is 5.91 Å². The van der Waals surface area contributed by atoms with Crippen LogP contribution in [-0.2, 0) is 4.79 Å². The first kappa shape index (κ1) is 16.1. The topological polar surface area (TPSA) is 84.0 Å². The van der Waals surface area contributed by atoms with E-state index in [1.165, 1.54) is 0 Å². The summed E-state index contributed by atoms with van der Waals surface area (Å²) in [7, 11) is 0. The molecule has 122 valence electrons. The van der Waals surface area contributed by atoms with Crippen LogP contribution in [0.1, 0.15) is 30.1 Å². The van der Waals surface area contributed by atoms with Crippen molar-refractivity contribution in [2.24, 2.45) is 0 Å². The van der Waals surface area contributed by atoms with Gasteiger partial charge in [-0.3, -0.25) is 9.59 Å². The highest BCUT2D eigenvalue weighted by Gasteiger charge is 2.09. The highest BCUT2D eigenvalue weighted by atomic mass is 32.1. The molecule has 0 aliphatic heterocycles. The third-order valence-electron chi connectivity index (χ3n) is 3.40. The van der Waals surface area contributed by atoms with Crippen molar-refractivity contribution in [2.75, 3.05) is 10.6 Å². The molecule has 2 amide bonds. The van der Waals surface area contributed by atoms with Crippen LogP contribution in [0.5, 0.6) is 0 Å². The van der Waals surface area contributed by atoms with Gasteiger partial charge < -0.3 is 10.6 Å². The minimum atomic E-state index is -0.234. The van der Waals surface area contributed by atoms with Gasteiger partial charge in [-0.1, -0.05) is 13.0 Å². The van der Waals surface area contributed by atoms with E-state index in [1.807, 2.05) is 6.92 Å². The van der Waals surface area contributed by atoms with Gasteiger partial charge in [0.15, 0.2) is 0 Å². The molecule has 0 radical (unpaired) electrons. The number of benzene rings is 2. The third-order valence-corrected chi connectivity index (χ3v) is 3.95. The highest BCUT2D eigenvalue weighted by molar-refractivity contribution is 7.00. The number of rotatable bonds is 5. The first-order valence-corrected chi connectivity index (χ1v) is 8.32. The van der Waals surface area contributed by atoms with Crippen molar-refractivity contribution < 1.29 is 9.59 Å². The highest BCUT2D eigenvalue weighted by Crippen LogP contribution is 2.18. The molecule has 0 aliphatic rings. The van der Waals surface area contributed by atoms with Gasteiger partial charge >= 0.3 is 0 Å². The lowest BCUT2D eigenvalue weighted by Gasteiger charge is -2.08. The lowest BCUT2D eigenvalue weighted by Crippen LogP contribution is -2.13. The zero-order valence-corrected chi connectivity index (χ0v) is 13.9. The fourth-order valence-electron chi connectivity index (χ4n) is 2.25. The number of carbonyl (C=O) groups excluding carboxylic acids is 2. The fourth-order valence-corrected chi connectivity index (χ4v) is 2.77. The van der Waals surface area contributed by atoms with Crippen molar-refractivity contribution in [3.63, 3.8) is 0 Å². The Bertz CT molecular complexity index is 891. The van der Waals surface area contributed by atoms with E-state index in [0.717, 1.165) is 23.7 Å². The van der Waals surface area contributed by atoms with Gasteiger partial charge in [0.05, 0.1) is 11.7 Å². The number of aromatic nitrogens is 2. The molecule has 3 aromatic rings. The molecule has 7 heteroatoms. The zero-order valence-electron chi connectivity index (χ0n) is 13.1. The maximum absolute atomic E-state index is 12.4. The molecule has 0 saturated heterocycles. The molecule has 0 atom stereocenters. The van der Waals surface area contributed by atoms with Crippen LogP contribution >= 0.6 is 11.7 Å². The van der Waals surface area contributed by atoms with Crippen LogP contribution in [0.15, 0.2) is 42.5 Å². The summed E-state index contributed by atoms with van der Waals surface area (Å²) >= 11 is 1.12. The molecular weight excluding hydrogens is 324 g/mol. The second kappa shape index (κ2) is 7.18. The van der Waals surface area contributed by atoms with Crippen LogP contribution in [-0.4, -0.2) is 20.6 Å². The van der Waals surface area contributed by atoms with Gasteiger partial charge in [-0.2, -0.15) is 8.75 Å². The lowest BCUT2D eigenvalue weighted by atomic mass is 10.2. The summed E-state index contributed by atoms with van der Waals surface area (Å²) in [5.74, 6) is -0.274. The van der Waals surface area contributed by atoms with Gasteiger partial charge in [0.1, 0.15) is 11.0 Å². The standard InChI is InChI=1S/C17H16N4O2S/c1-2-4-16(22)18-12-5-3-6-13(10-12)19-17(23)11-7-8-14-15(9-11)21-24-20-14/h3,5-10H,2,4H2,1H3,(H,18,22)(H,19,23). The maximum atomic E-state index is 12.4. The molecule has 2 N–H and O–H groups in total. The van der Waals surface area contributed by atoms with Crippen molar-refractivity contribution in [3.05, 3.63) is 48.0 Å². The monoisotopic (exact) mass is 340 g/mol. The minimum Gasteiger partial charge on any atom is -0.326 e. The Morgan fingerprint density at radius 3 is 2.54 bits per heavy atom. The van der Waals surface area contributed by atoms with E-state index >= 15 is 0 Å². The van der Waals surface area contributed by atoms with Crippen LogP contribution < -0.4 is 10.6 Å². The average Bonchev–Trinajstić information content (AvgIpc) is 3.03. The number of hydrogen-bond donors (Lipinski definition) is 2. The predicted molar refractivity (Wildman–Crippen MR) is 95.3 cm³/mol. The van der Waals surface area contributed by atoms with Crippen LogP contribution in [0.4, 0.5) is 11.4 Å². The summed E-state index contributed by atoms with van der Waals surface area (Å²) in [6, 6.07) is 12.3. The largest absolute Gasteiger partial charge is 0.326 e. The Morgan fingerprint density at radius 2 is 1.75 bits per heavy atom. The number of anilines is 2. The van der Waals surface area contributed by atoms with Gasteiger partial charge in [0.2, 0.25) is 5.91 Å². The van der Waals surface area contributed by atoms with Crippen molar-refractivity contribution >= 4 is 46.0 Å². The predicted octanol–water partition coefficient (Wildman–Crippen LogP) is 3.68. The minimum absolute atomic E-state index is 0.0394. The van der Waals surface area contributed by atoms with Crippen molar-refractivity contribution in [3.8, 4) is 0 Å². The van der Waals surface area contributed by atoms with Crippen LogP contribution in [0.25, 0.3) is 11.0 Å². The van der Waals surface area contributed by atoms with E-state index < -0.39 is 0 Å². The lowest BCUT2D eigenvalue weighted by molar-refractivity contribution is -0.116. The molecule has 1 aromatic heterocycles. The number of carbonyl (C=O) groups is 2. The quantitative estimate of drug-likeness (QED) is 0.742. The average molecular weight is 340 g/mol. The van der Waals surface area contributed by atoms with Crippen molar-refractivity contribution in [1.82, 2.24) is 8.75 Å². The summed E-state index contributed by atoms with van der Waals surface area (Å²) in [6.45, 7) is 1.95. The fraction of sp³-hybridized carbons (Fsp3) is 0.176. The SMILES string of the molecule is CCCC(=O)Nc1cccc(NC(=O)c2ccc3nsnc3c2)c1. The first-order chi connectivity index (χ1) is 11.7. The number of nitrogens with zero attached hydrogens (tertiary/aromatic N) is 2. The molecule has 0 saturated carbocycles. The number of hydrogen-bond acceptors (Lipinski definition) is 5. The van der Waals surface area contributed by atoms with Crippen LogP contribution in [0, 0.1) is 0 Å². The summed E-state index contributed by atoms with van der Waals surface area (Å²) in [5.41, 5.74) is 3.26. The zero-order chi connectivity index (χ0) is 16.9. The molecule has 0 bridgehead atoms. The van der Waals surface area contributed by atoms with Crippen molar-refractivity contribution in [1.29, 1.82) is 0 Å². The summed E-state index contributed by atoms with van der Waals surface area (Å²) in [6.07, 6.45) is 1.26. The molecule has 0 fully saturated rings. The van der Waals surface area contributed by atoms with E-state index in [2.05, 4.69) is 19.4 Å². The Kier molecular flexibility index (Phi) is 4.81. The molecule has 1 heterocycles. The third kappa shape index (κ3) is 3.75. The smallest absolute Gasteiger partial charge is 0.255 e. The molecular formula is C17H16N4O2S. The maximum Gasteiger partial charge on any atom is 0.255 e.